The quantitative estimate of drug-likeness (QED) is 0.229. The number of hydrogen-bond donors (Lipinski definition) is 2. The maximum absolute atomic E-state index is 5.92. The molecule has 6 rings (SSSR count). The van der Waals surface area contributed by atoms with Crippen LogP contribution < -0.4 is 11.1 Å². The first kappa shape index (κ1) is 25.7. The van der Waals surface area contributed by atoms with Crippen molar-refractivity contribution < 1.29 is 0 Å². The van der Waals surface area contributed by atoms with Crippen molar-refractivity contribution in [3.63, 3.8) is 0 Å². The second-order valence-corrected chi connectivity index (χ2v) is 9.57. The number of pyridine rings is 2. The molecular formula is C24H27Cl3N8. The zero-order chi connectivity index (χ0) is 24.6. The van der Waals surface area contributed by atoms with Gasteiger partial charge in [0.2, 0.25) is 10.6 Å². The van der Waals surface area contributed by atoms with E-state index in [4.69, 9.17) is 40.5 Å². The van der Waals surface area contributed by atoms with Crippen molar-refractivity contribution in [1.82, 2.24) is 29.9 Å². The van der Waals surface area contributed by atoms with Crippen molar-refractivity contribution in [1.29, 1.82) is 0 Å². The van der Waals surface area contributed by atoms with E-state index < -0.39 is 0 Å². The van der Waals surface area contributed by atoms with Crippen LogP contribution in [0.5, 0.6) is 0 Å². The molecule has 2 aliphatic carbocycles. The summed E-state index contributed by atoms with van der Waals surface area (Å²) in [5, 5.41) is 4.12. The highest BCUT2D eigenvalue weighted by molar-refractivity contribution is 6.35. The smallest absolute Gasteiger partial charge is 0.225 e. The molecule has 4 heterocycles. The Bertz CT molecular complexity index is 1260. The van der Waals surface area contributed by atoms with Gasteiger partial charge in [0.05, 0.1) is 11.0 Å². The molecule has 2 aliphatic rings. The lowest BCUT2D eigenvalue weighted by Crippen LogP contribution is -2.16. The fourth-order valence-electron chi connectivity index (χ4n) is 4.16. The Balaban J connectivity index is 0.000000139. The molecule has 0 aromatic carbocycles. The van der Waals surface area contributed by atoms with Crippen molar-refractivity contribution in [3.05, 3.63) is 52.4 Å². The molecule has 4 aromatic rings. The molecule has 4 aromatic heterocycles. The number of anilines is 1. The van der Waals surface area contributed by atoms with Gasteiger partial charge < -0.3 is 11.1 Å². The van der Waals surface area contributed by atoms with Crippen LogP contribution in [0, 0.1) is 0 Å². The van der Waals surface area contributed by atoms with Crippen LogP contribution in [0.25, 0.3) is 22.1 Å². The van der Waals surface area contributed by atoms with Gasteiger partial charge in [-0.25, -0.2) is 15.0 Å². The molecule has 2 saturated carbocycles. The first-order chi connectivity index (χ1) is 17.0. The van der Waals surface area contributed by atoms with Crippen LogP contribution in [0.15, 0.2) is 36.7 Å². The van der Waals surface area contributed by atoms with Gasteiger partial charge in [-0.2, -0.15) is 4.98 Å². The van der Waals surface area contributed by atoms with Crippen LogP contribution in [0.4, 0.5) is 5.82 Å². The number of nitrogens with zero attached hydrogens (tertiary/aromatic N) is 6. The van der Waals surface area contributed by atoms with E-state index in [1.54, 1.807) is 24.5 Å². The van der Waals surface area contributed by atoms with E-state index in [0.29, 0.717) is 23.1 Å². The third kappa shape index (κ3) is 7.30. The van der Waals surface area contributed by atoms with Gasteiger partial charge in [-0.3, -0.25) is 9.97 Å². The summed E-state index contributed by atoms with van der Waals surface area (Å²) < 4.78 is 0. The fourth-order valence-corrected chi connectivity index (χ4v) is 4.78. The van der Waals surface area contributed by atoms with Crippen LogP contribution in [0.3, 0.4) is 0 Å². The standard InChI is InChI=1S/C12H13ClN4.C7H3Cl2N3.C5H11N/c13-12-16-9-6-3-7-14-10(9)11(17-12)15-8-4-1-2-5-8;8-6-5-4(2-1-3-10-5)11-7(9)12-6;6-5-3-1-2-4-5/h3,6-8H,1-2,4-5H2,(H,15,16,17);1-3H;5H,1-4,6H2. The minimum atomic E-state index is 0.139. The molecule has 184 valence electrons. The summed E-state index contributed by atoms with van der Waals surface area (Å²) in [6, 6.07) is 8.33. The van der Waals surface area contributed by atoms with Crippen LogP contribution in [-0.4, -0.2) is 42.0 Å². The molecule has 3 N–H and O–H groups in total. The molecule has 0 spiro atoms. The Morgan fingerprint density at radius 1 is 0.714 bits per heavy atom. The minimum absolute atomic E-state index is 0.139. The van der Waals surface area contributed by atoms with E-state index in [2.05, 4.69) is 35.2 Å². The Morgan fingerprint density at radius 2 is 1.26 bits per heavy atom. The largest absolute Gasteiger partial charge is 0.365 e. The number of halogens is 3. The van der Waals surface area contributed by atoms with E-state index in [9.17, 15) is 0 Å². The molecule has 11 heteroatoms. The van der Waals surface area contributed by atoms with Crippen molar-refractivity contribution in [2.24, 2.45) is 5.73 Å². The Labute approximate surface area is 219 Å². The third-order valence-corrected chi connectivity index (χ3v) is 6.51. The van der Waals surface area contributed by atoms with Crippen molar-refractivity contribution in [3.8, 4) is 0 Å². The first-order valence-corrected chi connectivity index (χ1v) is 12.9. The lowest BCUT2D eigenvalue weighted by atomic mass is 10.2. The maximum atomic E-state index is 5.92. The van der Waals surface area contributed by atoms with Crippen LogP contribution >= 0.6 is 34.8 Å². The summed E-state index contributed by atoms with van der Waals surface area (Å²) in [6.45, 7) is 0. The van der Waals surface area contributed by atoms with E-state index in [1.807, 2.05) is 12.1 Å². The number of nitrogens with two attached hydrogens (primary N) is 1. The molecule has 0 saturated heterocycles. The van der Waals surface area contributed by atoms with Crippen LogP contribution in [-0.2, 0) is 0 Å². The van der Waals surface area contributed by atoms with E-state index in [0.717, 1.165) is 16.9 Å². The average Bonchev–Trinajstić information content (AvgIpc) is 3.54. The highest BCUT2D eigenvalue weighted by Gasteiger charge is 2.17. The first-order valence-electron chi connectivity index (χ1n) is 11.7. The molecule has 0 radical (unpaired) electrons. The molecule has 35 heavy (non-hydrogen) atoms. The molecular weight excluding hydrogens is 507 g/mol. The molecule has 0 amide bonds. The minimum Gasteiger partial charge on any atom is -0.365 e. The van der Waals surface area contributed by atoms with Gasteiger partial charge in [-0.15, -0.1) is 0 Å². The van der Waals surface area contributed by atoms with Crippen LogP contribution in [0.2, 0.25) is 15.7 Å². The predicted molar refractivity (Wildman–Crippen MR) is 142 cm³/mol. The van der Waals surface area contributed by atoms with Gasteiger partial charge in [0.15, 0.2) is 11.0 Å². The summed E-state index contributed by atoms with van der Waals surface area (Å²) >= 11 is 17.3. The average molecular weight is 534 g/mol. The Morgan fingerprint density at radius 3 is 1.86 bits per heavy atom. The monoisotopic (exact) mass is 532 g/mol. The zero-order valence-electron chi connectivity index (χ0n) is 19.2. The van der Waals surface area contributed by atoms with E-state index in [-0.39, 0.29) is 15.7 Å². The number of nitrogens with one attached hydrogen (secondary N) is 1. The Kier molecular flexibility index (Phi) is 9.20. The zero-order valence-corrected chi connectivity index (χ0v) is 21.4. The second kappa shape index (κ2) is 12.5. The summed E-state index contributed by atoms with van der Waals surface area (Å²) in [6.07, 6.45) is 13.6. The number of rotatable bonds is 2. The highest BCUT2D eigenvalue weighted by atomic mass is 35.5. The number of aromatic nitrogens is 6. The van der Waals surface area contributed by atoms with Crippen molar-refractivity contribution in [2.75, 3.05) is 5.32 Å². The summed E-state index contributed by atoms with van der Waals surface area (Å²) in [7, 11) is 0. The van der Waals surface area contributed by atoms with Gasteiger partial charge in [0.25, 0.3) is 0 Å². The fraction of sp³-hybridized carbons (Fsp3) is 0.417. The lowest BCUT2D eigenvalue weighted by molar-refractivity contribution is 0.704. The molecule has 0 unspecified atom stereocenters. The normalized spacial score (nSPS) is 16.0. The van der Waals surface area contributed by atoms with E-state index >= 15 is 0 Å². The molecule has 0 bridgehead atoms. The van der Waals surface area contributed by atoms with Gasteiger partial charge in [0.1, 0.15) is 11.0 Å². The number of fused-ring (bicyclic) bond motifs is 2. The highest BCUT2D eigenvalue weighted by Crippen LogP contribution is 2.25. The topological polar surface area (TPSA) is 115 Å². The maximum Gasteiger partial charge on any atom is 0.225 e. The van der Waals surface area contributed by atoms with Gasteiger partial charge >= 0.3 is 0 Å². The van der Waals surface area contributed by atoms with E-state index in [1.165, 1.54) is 51.4 Å². The van der Waals surface area contributed by atoms with Gasteiger partial charge in [0, 0.05) is 24.5 Å². The molecule has 0 atom stereocenters. The SMILES string of the molecule is Clc1nc(Cl)c2ncccc2n1.Clc1nc(NC2CCCC2)c2ncccc2n1.NC1CCCC1. The summed E-state index contributed by atoms with van der Waals surface area (Å²) in [5.41, 5.74) is 8.34. The second-order valence-electron chi connectivity index (χ2n) is 8.54. The van der Waals surface area contributed by atoms with Gasteiger partial charge in [-0.1, -0.05) is 37.3 Å². The predicted octanol–water partition coefficient (Wildman–Crippen LogP) is 6.25. The van der Waals surface area contributed by atoms with Crippen molar-refractivity contribution >= 4 is 62.7 Å². The summed E-state index contributed by atoms with van der Waals surface area (Å²) in [4.78, 5) is 24.4. The number of hydrogen-bond acceptors (Lipinski definition) is 8. The Hall–Kier alpha value is -2.39. The lowest BCUT2D eigenvalue weighted by Gasteiger charge is -2.13. The molecule has 0 aliphatic heterocycles. The molecule has 8 nitrogen and oxygen atoms in total. The summed E-state index contributed by atoms with van der Waals surface area (Å²) in [5.74, 6) is 0.757. The third-order valence-electron chi connectivity index (χ3n) is 5.91. The van der Waals surface area contributed by atoms with Crippen molar-refractivity contribution in [2.45, 2.75) is 63.5 Å². The molecule has 2 fully saturated rings. The van der Waals surface area contributed by atoms with Gasteiger partial charge in [-0.05, 0) is 73.2 Å². The van der Waals surface area contributed by atoms with Crippen LogP contribution in [0.1, 0.15) is 51.4 Å².